The maximum absolute atomic E-state index is 6.37. The molecule has 132 valence electrons. The Kier molecular flexibility index (Phi) is 6.48. The molecule has 1 saturated heterocycles. The monoisotopic (exact) mass is 416 g/mol. The first-order valence-corrected chi connectivity index (χ1v) is 22.9. The Balaban J connectivity index is 3.05. The molecule has 1 rings (SSSR count). The average molecular weight is 417 g/mol. The summed E-state index contributed by atoms with van der Waals surface area (Å²) in [7, 11) is -12.6. The zero-order valence-electron chi connectivity index (χ0n) is 15.7. The van der Waals surface area contributed by atoms with E-state index in [0.29, 0.717) is 0 Å². The number of hydrogen-bond donors (Lipinski definition) is 0. The Labute approximate surface area is 143 Å². The van der Waals surface area contributed by atoms with E-state index in [-0.39, 0.29) is 0 Å². The predicted molar refractivity (Wildman–Crippen MR) is 102 cm³/mol. The van der Waals surface area contributed by atoms with Crippen molar-refractivity contribution >= 4 is 52.8 Å². The third-order valence-electron chi connectivity index (χ3n) is 2.78. The molecule has 0 aromatic heterocycles. The van der Waals surface area contributed by atoms with Gasteiger partial charge in [0.25, 0.3) is 10.0 Å². The topological polar surface area (TPSA) is 55.4 Å². The summed E-state index contributed by atoms with van der Waals surface area (Å²) in [5, 5.41) is 0. The van der Waals surface area contributed by atoms with Gasteiger partial charge in [0.05, 0.1) is 0 Å². The summed E-state index contributed by atoms with van der Waals surface area (Å²) in [6, 6.07) is 0. The van der Waals surface area contributed by atoms with Crippen LogP contribution in [0.15, 0.2) is 0 Å². The Bertz CT molecular complexity index is 365. The quantitative estimate of drug-likeness (QED) is 0.566. The van der Waals surface area contributed by atoms with Gasteiger partial charge in [-0.3, -0.25) is 0 Å². The first kappa shape index (κ1) is 21.1. The van der Waals surface area contributed by atoms with Crippen LogP contribution < -0.4 is 0 Å². The lowest BCUT2D eigenvalue weighted by atomic mass is 11.9. The van der Waals surface area contributed by atoms with Gasteiger partial charge in [0.1, 0.15) is 0 Å². The molecule has 0 spiro atoms. The van der Waals surface area contributed by atoms with Crippen LogP contribution in [0.2, 0.25) is 65.5 Å². The van der Waals surface area contributed by atoms with Crippen LogP contribution in [-0.2, 0) is 24.7 Å². The van der Waals surface area contributed by atoms with Crippen LogP contribution in [-0.4, -0.2) is 52.8 Å². The van der Waals surface area contributed by atoms with Gasteiger partial charge < -0.3 is 24.7 Å². The Morgan fingerprint density at radius 3 is 0.909 bits per heavy atom. The molecule has 0 saturated carbocycles. The average Bonchev–Trinajstić information content (AvgIpc) is 2.04. The summed E-state index contributed by atoms with van der Waals surface area (Å²) >= 11 is 0. The molecule has 0 amide bonds. The van der Waals surface area contributed by atoms with Crippen LogP contribution >= 0.6 is 0 Å². The van der Waals surface area contributed by atoms with Crippen LogP contribution in [0.3, 0.4) is 0 Å². The van der Waals surface area contributed by atoms with E-state index in [9.17, 15) is 0 Å². The molecule has 0 bridgehead atoms. The minimum Gasteiger partial charge on any atom is -0.420 e. The molecule has 0 radical (unpaired) electrons. The van der Waals surface area contributed by atoms with E-state index in [1.54, 1.807) is 0 Å². The van der Waals surface area contributed by atoms with Gasteiger partial charge in [0.15, 0.2) is 0 Å². The number of rotatable bonds is 0. The molecule has 1 aliphatic heterocycles. The summed E-state index contributed by atoms with van der Waals surface area (Å²) in [5.41, 5.74) is 0. The molecule has 6 nitrogen and oxygen atoms in total. The normalized spacial score (nSPS) is 30.8. The van der Waals surface area contributed by atoms with Gasteiger partial charge in [-0.25, -0.2) is 0 Å². The Morgan fingerprint density at radius 1 is 0.409 bits per heavy atom. The van der Waals surface area contributed by atoms with Crippen LogP contribution in [0.1, 0.15) is 0 Å². The highest BCUT2D eigenvalue weighted by Gasteiger charge is 2.47. The minimum atomic E-state index is -2.34. The van der Waals surface area contributed by atoms with E-state index in [1.165, 1.54) is 0 Å². The summed E-state index contributed by atoms with van der Waals surface area (Å²) in [4.78, 5) is 0. The number of hydrogen-bond acceptors (Lipinski definition) is 6. The summed E-state index contributed by atoms with van der Waals surface area (Å²) in [5.74, 6) is 0. The van der Waals surface area contributed by atoms with Crippen molar-refractivity contribution in [2.75, 3.05) is 0 Å². The first-order chi connectivity index (χ1) is 9.54. The van der Waals surface area contributed by atoms with Crippen molar-refractivity contribution in [2.45, 2.75) is 65.5 Å². The first-order valence-electron chi connectivity index (χ1n) is 7.62. The molecule has 0 aromatic carbocycles. The molecular formula is C10H32O6Si6. The maximum Gasteiger partial charge on any atom is 0.314 e. The predicted octanol–water partition coefficient (Wildman–Crippen LogP) is 2.61. The van der Waals surface area contributed by atoms with Crippen molar-refractivity contribution in [3.05, 3.63) is 0 Å². The fraction of sp³-hybridized carbons (Fsp3) is 1.00. The molecular weight excluding hydrogens is 385 g/mol. The summed E-state index contributed by atoms with van der Waals surface area (Å²) in [6.45, 7) is 20.6. The molecule has 12 heteroatoms. The lowest BCUT2D eigenvalue weighted by molar-refractivity contribution is 0.254. The van der Waals surface area contributed by atoms with Crippen molar-refractivity contribution in [1.29, 1.82) is 0 Å². The van der Waals surface area contributed by atoms with Crippen LogP contribution in [0.25, 0.3) is 0 Å². The van der Waals surface area contributed by atoms with E-state index >= 15 is 0 Å². The second kappa shape index (κ2) is 6.76. The highest BCUT2D eigenvalue weighted by atomic mass is 28.5. The summed E-state index contributed by atoms with van der Waals surface area (Å²) in [6.07, 6.45) is 0. The van der Waals surface area contributed by atoms with Gasteiger partial charge in [0.2, 0.25) is 0 Å². The highest BCUT2D eigenvalue weighted by molar-refractivity contribution is 6.90. The third-order valence-corrected chi connectivity index (χ3v) is 25.0. The van der Waals surface area contributed by atoms with Crippen molar-refractivity contribution in [1.82, 2.24) is 0 Å². The summed E-state index contributed by atoms with van der Waals surface area (Å²) < 4.78 is 37.4. The molecule has 1 fully saturated rings. The fourth-order valence-corrected chi connectivity index (χ4v) is 27.9. The van der Waals surface area contributed by atoms with Crippen molar-refractivity contribution in [3.8, 4) is 0 Å². The zero-order chi connectivity index (χ0) is 17.4. The van der Waals surface area contributed by atoms with Gasteiger partial charge in [0, 0.05) is 0 Å². The van der Waals surface area contributed by atoms with Crippen LogP contribution in [0, 0.1) is 0 Å². The molecule has 0 aromatic rings. The van der Waals surface area contributed by atoms with E-state index in [2.05, 4.69) is 65.5 Å². The molecule has 0 unspecified atom stereocenters. The second-order valence-corrected chi connectivity index (χ2v) is 27.6. The standard InChI is InChI=1S/C10H32O6Si6/c1-18(2)11-17-12-19(3,4)14-21(7,8)16-22(9,10)15-20(5,6)13-18/h17H2,1-10H3. The van der Waals surface area contributed by atoms with Gasteiger partial charge in [-0.2, -0.15) is 0 Å². The van der Waals surface area contributed by atoms with Gasteiger partial charge in [-0.1, -0.05) is 0 Å². The largest absolute Gasteiger partial charge is 0.420 e. The molecule has 1 heterocycles. The lowest BCUT2D eigenvalue weighted by Crippen LogP contribution is -2.60. The van der Waals surface area contributed by atoms with E-state index in [4.69, 9.17) is 24.7 Å². The fourth-order valence-electron chi connectivity index (χ4n) is 2.80. The van der Waals surface area contributed by atoms with Crippen molar-refractivity contribution in [2.24, 2.45) is 0 Å². The maximum atomic E-state index is 6.37. The molecule has 1 aliphatic rings. The minimum absolute atomic E-state index is 1.13. The third kappa shape index (κ3) is 7.75. The van der Waals surface area contributed by atoms with E-state index in [0.717, 1.165) is 0 Å². The zero-order valence-corrected chi connectivity index (χ0v) is 22.1. The van der Waals surface area contributed by atoms with Gasteiger partial charge >= 0.3 is 42.8 Å². The van der Waals surface area contributed by atoms with Crippen molar-refractivity contribution < 1.29 is 24.7 Å². The van der Waals surface area contributed by atoms with Gasteiger partial charge in [-0.05, 0) is 65.5 Å². The molecule has 22 heavy (non-hydrogen) atoms. The molecule has 0 aliphatic carbocycles. The SMILES string of the molecule is C[Si]1(C)O[SiH2]O[Si](C)(C)O[Si](C)(C)O[Si](C)(C)O[Si](C)(C)O1. The van der Waals surface area contributed by atoms with Gasteiger partial charge in [-0.15, -0.1) is 0 Å². The van der Waals surface area contributed by atoms with E-state index < -0.39 is 52.8 Å². The molecule has 0 N–H and O–H groups in total. The smallest absolute Gasteiger partial charge is 0.314 e. The second-order valence-electron chi connectivity index (χ2n) is 7.81. The van der Waals surface area contributed by atoms with E-state index in [1.807, 2.05) is 0 Å². The Morgan fingerprint density at radius 2 is 0.636 bits per heavy atom. The van der Waals surface area contributed by atoms with Crippen LogP contribution in [0.4, 0.5) is 0 Å². The van der Waals surface area contributed by atoms with Crippen molar-refractivity contribution in [3.63, 3.8) is 0 Å². The van der Waals surface area contributed by atoms with Crippen LogP contribution in [0.5, 0.6) is 0 Å². The lowest BCUT2D eigenvalue weighted by Gasteiger charge is -2.43. The Hall–Kier alpha value is 1.06. The molecule has 0 atom stereocenters. The highest BCUT2D eigenvalue weighted by Crippen LogP contribution is 2.27.